The van der Waals surface area contributed by atoms with Gasteiger partial charge in [-0.2, -0.15) is 0 Å². The minimum atomic E-state index is -3.38. The lowest BCUT2D eigenvalue weighted by atomic mass is 10.1. The highest BCUT2D eigenvalue weighted by atomic mass is 79.9. The first-order chi connectivity index (χ1) is 14.0. The van der Waals surface area contributed by atoms with Gasteiger partial charge in [0.2, 0.25) is 15.9 Å². The van der Waals surface area contributed by atoms with E-state index in [9.17, 15) is 18.0 Å². The highest BCUT2D eigenvalue weighted by molar-refractivity contribution is 9.10. The molecular weight excluding hydrogens is 470 g/mol. The molecule has 0 radical (unpaired) electrons. The van der Waals surface area contributed by atoms with Crippen LogP contribution >= 0.6 is 15.9 Å². The molecule has 0 saturated heterocycles. The third-order valence-electron chi connectivity index (χ3n) is 5.03. The summed E-state index contributed by atoms with van der Waals surface area (Å²) in [6.45, 7) is 3.63. The SMILES string of the molecule is Cc1cc(Br)ccc1NC(=O)CN(C)C(=O)c1ccc2c(c1)C[C@@H](C)N2S(C)(=O)=O. The second kappa shape index (κ2) is 8.39. The average molecular weight is 494 g/mol. The minimum absolute atomic E-state index is 0.0999. The molecule has 0 spiro atoms. The van der Waals surface area contributed by atoms with Gasteiger partial charge in [0.05, 0.1) is 18.5 Å². The lowest BCUT2D eigenvalue weighted by Crippen LogP contribution is -2.35. The number of fused-ring (bicyclic) bond motifs is 1. The van der Waals surface area contributed by atoms with Crippen LogP contribution in [-0.2, 0) is 21.2 Å². The van der Waals surface area contributed by atoms with Crippen LogP contribution in [0.1, 0.15) is 28.4 Å². The first kappa shape index (κ1) is 22.3. The molecule has 2 aromatic rings. The number of rotatable bonds is 5. The van der Waals surface area contributed by atoms with Crippen molar-refractivity contribution in [1.82, 2.24) is 4.90 Å². The standard InChI is InChI=1S/C21H24BrN3O4S/c1-13-9-17(22)6-7-18(13)23-20(26)12-24(3)21(27)15-5-8-19-16(11-15)10-14(2)25(19)30(4,28)29/h5-9,11,14H,10,12H2,1-4H3,(H,23,26)/t14-/m1/s1. The number of sulfonamides is 1. The van der Waals surface area contributed by atoms with E-state index >= 15 is 0 Å². The zero-order valence-electron chi connectivity index (χ0n) is 17.3. The van der Waals surface area contributed by atoms with Crippen molar-refractivity contribution in [2.75, 3.05) is 29.5 Å². The molecule has 0 aromatic heterocycles. The van der Waals surface area contributed by atoms with Gasteiger partial charge in [-0.15, -0.1) is 0 Å². The van der Waals surface area contributed by atoms with E-state index in [1.165, 1.54) is 15.5 Å². The molecule has 1 atom stereocenters. The molecule has 7 nitrogen and oxygen atoms in total. The summed E-state index contributed by atoms with van der Waals surface area (Å²) < 4.78 is 26.4. The second-order valence-corrected chi connectivity index (χ2v) is 10.4. The summed E-state index contributed by atoms with van der Waals surface area (Å²) in [5.74, 6) is -0.597. The third-order valence-corrected chi connectivity index (χ3v) is 6.79. The lowest BCUT2D eigenvalue weighted by molar-refractivity contribution is -0.116. The van der Waals surface area contributed by atoms with Gasteiger partial charge in [-0.1, -0.05) is 15.9 Å². The first-order valence-corrected chi connectivity index (χ1v) is 12.1. The van der Waals surface area contributed by atoms with Gasteiger partial charge in [0.15, 0.2) is 0 Å². The molecule has 1 aliphatic heterocycles. The number of carbonyl (C=O) groups is 2. The number of nitrogens with zero attached hydrogens (tertiary/aromatic N) is 2. The fourth-order valence-electron chi connectivity index (χ4n) is 3.71. The molecule has 0 saturated carbocycles. The Morgan fingerprint density at radius 3 is 2.57 bits per heavy atom. The fourth-order valence-corrected chi connectivity index (χ4v) is 5.45. The van der Waals surface area contributed by atoms with Gasteiger partial charge in [0.25, 0.3) is 5.91 Å². The Bertz CT molecular complexity index is 1120. The van der Waals surface area contributed by atoms with Crippen LogP contribution in [0, 0.1) is 6.92 Å². The van der Waals surface area contributed by atoms with Crippen molar-refractivity contribution in [2.45, 2.75) is 26.3 Å². The number of amides is 2. The van der Waals surface area contributed by atoms with Crippen LogP contribution in [0.5, 0.6) is 0 Å². The Balaban J connectivity index is 1.71. The van der Waals surface area contributed by atoms with E-state index < -0.39 is 10.0 Å². The number of hydrogen-bond acceptors (Lipinski definition) is 4. The van der Waals surface area contributed by atoms with Crippen LogP contribution < -0.4 is 9.62 Å². The predicted octanol–water partition coefficient (Wildman–Crippen LogP) is 3.18. The molecule has 0 aliphatic carbocycles. The summed E-state index contributed by atoms with van der Waals surface area (Å²) >= 11 is 3.39. The Labute approximate surface area is 185 Å². The molecule has 30 heavy (non-hydrogen) atoms. The molecule has 2 aromatic carbocycles. The van der Waals surface area contributed by atoms with Crippen molar-refractivity contribution in [3.8, 4) is 0 Å². The summed E-state index contributed by atoms with van der Waals surface area (Å²) in [5.41, 5.74) is 3.44. The maximum atomic E-state index is 12.8. The Morgan fingerprint density at radius 2 is 1.93 bits per heavy atom. The second-order valence-electron chi connectivity index (χ2n) is 7.62. The zero-order chi connectivity index (χ0) is 22.2. The summed E-state index contributed by atoms with van der Waals surface area (Å²) in [5, 5.41) is 2.82. The van der Waals surface area contributed by atoms with E-state index in [0.29, 0.717) is 23.4 Å². The maximum Gasteiger partial charge on any atom is 0.254 e. The van der Waals surface area contributed by atoms with Gasteiger partial charge in [-0.05, 0) is 67.8 Å². The number of aryl methyl sites for hydroxylation is 1. The number of carbonyl (C=O) groups excluding carboxylic acids is 2. The molecule has 0 fully saturated rings. The maximum absolute atomic E-state index is 12.8. The Kier molecular flexibility index (Phi) is 6.24. The number of nitrogens with one attached hydrogen (secondary N) is 1. The fraction of sp³-hybridized carbons (Fsp3) is 0.333. The quantitative estimate of drug-likeness (QED) is 0.692. The van der Waals surface area contributed by atoms with E-state index in [1.807, 2.05) is 26.0 Å². The topological polar surface area (TPSA) is 86.8 Å². The summed E-state index contributed by atoms with van der Waals surface area (Å²) in [4.78, 5) is 26.5. The summed E-state index contributed by atoms with van der Waals surface area (Å²) in [7, 11) is -1.82. The highest BCUT2D eigenvalue weighted by Gasteiger charge is 2.33. The predicted molar refractivity (Wildman–Crippen MR) is 121 cm³/mol. The van der Waals surface area contributed by atoms with Crippen LogP contribution in [0.15, 0.2) is 40.9 Å². The van der Waals surface area contributed by atoms with Crippen molar-refractivity contribution in [3.63, 3.8) is 0 Å². The van der Waals surface area contributed by atoms with Gasteiger partial charge < -0.3 is 10.2 Å². The highest BCUT2D eigenvalue weighted by Crippen LogP contribution is 2.34. The number of anilines is 2. The molecule has 3 rings (SSSR count). The first-order valence-electron chi connectivity index (χ1n) is 9.41. The molecule has 9 heteroatoms. The van der Waals surface area contributed by atoms with Crippen LogP contribution in [0.4, 0.5) is 11.4 Å². The van der Waals surface area contributed by atoms with E-state index in [4.69, 9.17) is 0 Å². The van der Waals surface area contributed by atoms with Gasteiger partial charge in [-0.25, -0.2) is 8.42 Å². The smallest absolute Gasteiger partial charge is 0.254 e. The van der Waals surface area contributed by atoms with Crippen molar-refractivity contribution in [3.05, 3.63) is 57.6 Å². The number of likely N-dealkylation sites (N-methyl/N-ethyl adjacent to an activating group) is 1. The minimum Gasteiger partial charge on any atom is -0.332 e. The largest absolute Gasteiger partial charge is 0.332 e. The van der Waals surface area contributed by atoms with Crippen molar-refractivity contribution >= 4 is 49.1 Å². The van der Waals surface area contributed by atoms with Crippen molar-refractivity contribution in [1.29, 1.82) is 0 Å². The monoisotopic (exact) mass is 493 g/mol. The van der Waals surface area contributed by atoms with E-state index in [0.717, 1.165) is 15.6 Å². The normalized spacial score (nSPS) is 15.6. The number of benzene rings is 2. The molecule has 1 N–H and O–H groups in total. The van der Waals surface area contributed by atoms with Crippen LogP contribution in [0.3, 0.4) is 0 Å². The molecule has 0 unspecified atom stereocenters. The van der Waals surface area contributed by atoms with Gasteiger partial charge >= 0.3 is 0 Å². The van der Waals surface area contributed by atoms with Gasteiger partial charge in [-0.3, -0.25) is 13.9 Å². The van der Waals surface area contributed by atoms with E-state index in [2.05, 4.69) is 21.2 Å². The summed E-state index contributed by atoms with van der Waals surface area (Å²) in [6, 6.07) is 10.3. The van der Waals surface area contributed by atoms with Gasteiger partial charge in [0.1, 0.15) is 0 Å². The molecule has 1 aliphatic rings. The number of hydrogen-bond donors (Lipinski definition) is 1. The van der Waals surface area contributed by atoms with Crippen molar-refractivity contribution < 1.29 is 18.0 Å². The zero-order valence-corrected chi connectivity index (χ0v) is 19.7. The molecular formula is C21H24BrN3O4S. The Morgan fingerprint density at radius 1 is 1.23 bits per heavy atom. The third kappa shape index (κ3) is 4.67. The molecule has 0 bridgehead atoms. The van der Waals surface area contributed by atoms with Crippen LogP contribution in [0.2, 0.25) is 0 Å². The molecule has 2 amide bonds. The number of halogens is 1. The van der Waals surface area contributed by atoms with Crippen molar-refractivity contribution in [2.24, 2.45) is 0 Å². The molecule has 160 valence electrons. The van der Waals surface area contributed by atoms with Gasteiger partial charge in [0, 0.05) is 28.8 Å². The van der Waals surface area contributed by atoms with E-state index in [1.54, 1.807) is 31.3 Å². The van der Waals surface area contributed by atoms with E-state index in [-0.39, 0.29) is 24.4 Å². The average Bonchev–Trinajstić information content (AvgIpc) is 2.98. The van der Waals surface area contributed by atoms with Crippen LogP contribution in [-0.4, -0.2) is 51.0 Å². The Hall–Kier alpha value is -2.39. The van der Waals surface area contributed by atoms with Crippen LogP contribution in [0.25, 0.3) is 0 Å². The lowest BCUT2D eigenvalue weighted by Gasteiger charge is -2.22. The molecule has 1 heterocycles. The summed E-state index contributed by atoms with van der Waals surface area (Å²) in [6.07, 6.45) is 1.72.